The van der Waals surface area contributed by atoms with E-state index in [0.717, 1.165) is 38.2 Å². The molecule has 1 fully saturated rings. The molecule has 4 rings (SSSR count). The Kier molecular flexibility index (Phi) is 6.15. The summed E-state index contributed by atoms with van der Waals surface area (Å²) < 4.78 is 0. The molecule has 2 aromatic heterocycles. The van der Waals surface area contributed by atoms with Gasteiger partial charge in [0.2, 0.25) is 5.91 Å². The summed E-state index contributed by atoms with van der Waals surface area (Å²) in [6.07, 6.45) is 3.91. The number of aromatic amines is 1. The number of carbonyl (C=O) groups excluding carboxylic acids is 1. The lowest BCUT2D eigenvalue weighted by Crippen LogP contribution is -2.44. The van der Waals surface area contributed by atoms with Crippen molar-refractivity contribution in [3.05, 3.63) is 65.6 Å². The van der Waals surface area contributed by atoms with Crippen molar-refractivity contribution in [2.75, 3.05) is 13.1 Å². The number of likely N-dealkylation sites (tertiary alicyclic amines) is 1. The van der Waals surface area contributed by atoms with Crippen LogP contribution in [0.25, 0.3) is 10.9 Å². The van der Waals surface area contributed by atoms with Crippen LogP contribution in [0.3, 0.4) is 0 Å². The SMILES string of the molecule is Cc1c(CN2CCC([C@H](NC(=O)C(C)(C)C)c3ccccn3)CC2)[nH]c2ccccc12. The largest absolute Gasteiger partial charge is 0.357 e. The van der Waals surface area contributed by atoms with Crippen LogP contribution in [0.1, 0.15) is 56.6 Å². The molecule has 0 radical (unpaired) electrons. The maximum Gasteiger partial charge on any atom is 0.225 e. The number of aryl methyl sites for hydroxylation is 1. The Morgan fingerprint density at radius 1 is 1.16 bits per heavy atom. The second-order valence-corrected chi connectivity index (χ2v) is 9.84. The van der Waals surface area contributed by atoms with E-state index in [2.05, 4.69) is 51.4 Å². The second-order valence-electron chi connectivity index (χ2n) is 9.84. The average molecular weight is 419 g/mol. The maximum atomic E-state index is 12.8. The number of hydrogen-bond acceptors (Lipinski definition) is 3. The van der Waals surface area contributed by atoms with Gasteiger partial charge in [-0.25, -0.2) is 0 Å². The third-order valence-corrected chi connectivity index (χ3v) is 6.53. The number of nitrogens with zero attached hydrogens (tertiary/aromatic N) is 2. The number of pyridine rings is 1. The van der Waals surface area contributed by atoms with Gasteiger partial charge >= 0.3 is 0 Å². The summed E-state index contributed by atoms with van der Waals surface area (Å²) in [5.41, 5.74) is 4.42. The Morgan fingerprint density at radius 2 is 1.87 bits per heavy atom. The van der Waals surface area contributed by atoms with Gasteiger partial charge in [0.15, 0.2) is 0 Å². The van der Waals surface area contributed by atoms with Gasteiger partial charge in [0, 0.05) is 34.8 Å². The summed E-state index contributed by atoms with van der Waals surface area (Å²) in [6, 6.07) is 14.4. The molecule has 31 heavy (non-hydrogen) atoms. The van der Waals surface area contributed by atoms with Crippen molar-refractivity contribution in [3.8, 4) is 0 Å². The molecule has 5 heteroatoms. The molecule has 0 unspecified atom stereocenters. The van der Waals surface area contributed by atoms with E-state index in [4.69, 9.17) is 0 Å². The van der Waals surface area contributed by atoms with Crippen LogP contribution in [0.15, 0.2) is 48.7 Å². The summed E-state index contributed by atoms with van der Waals surface area (Å²) >= 11 is 0. The molecule has 0 saturated carbocycles. The summed E-state index contributed by atoms with van der Waals surface area (Å²) in [5, 5.41) is 4.62. The van der Waals surface area contributed by atoms with Crippen molar-refractivity contribution in [2.24, 2.45) is 11.3 Å². The molecule has 1 saturated heterocycles. The van der Waals surface area contributed by atoms with Crippen molar-refractivity contribution >= 4 is 16.8 Å². The first-order chi connectivity index (χ1) is 14.8. The predicted octanol–water partition coefficient (Wildman–Crippen LogP) is 4.99. The highest BCUT2D eigenvalue weighted by Crippen LogP contribution is 2.32. The zero-order valence-electron chi connectivity index (χ0n) is 19.1. The van der Waals surface area contributed by atoms with E-state index in [0.29, 0.717) is 5.92 Å². The fourth-order valence-electron chi connectivity index (χ4n) is 4.52. The standard InChI is InChI=1S/C26H34N4O/c1-18-20-9-5-6-10-21(20)28-23(18)17-30-15-12-19(13-16-30)24(22-11-7-8-14-27-22)29-25(31)26(2,3)4/h5-11,14,19,24,28H,12-13,15-17H2,1-4H3,(H,29,31)/t24-/m0/s1. The minimum Gasteiger partial charge on any atom is -0.357 e. The van der Waals surface area contributed by atoms with Crippen LogP contribution in [0.5, 0.6) is 0 Å². The van der Waals surface area contributed by atoms with E-state index < -0.39 is 5.41 Å². The number of carbonyl (C=O) groups is 1. The molecular weight excluding hydrogens is 384 g/mol. The Morgan fingerprint density at radius 3 is 2.52 bits per heavy atom. The van der Waals surface area contributed by atoms with Crippen molar-refractivity contribution < 1.29 is 4.79 Å². The Labute approximate surface area is 185 Å². The average Bonchev–Trinajstić information content (AvgIpc) is 3.08. The van der Waals surface area contributed by atoms with Gasteiger partial charge < -0.3 is 10.3 Å². The summed E-state index contributed by atoms with van der Waals surface area (Å²) in [6.45, 7) is 11.1. The van der Waals surface area contributed by atoms with Crippen LogP contribution < -0.4 is 5.32 Å². The van der Waals surface area contributed by atoms with E-state index in [1.807, 2.05) is 45.2 Å². The first kappa shape index (κ1) is 21.6. The third kappa shape index (κ3) is 4.82. The fourth-order valence-corrected chi connectivity index (χ4v) is 4.52. The van der Waals surface area contributed by atoms with Crippen molar-refractivity contribution in [1.82, 2.24) is 20.2 Å². The highest BCUT2D eigenvalue weighted by Gasteiger charge is 2.32. The number of hydrogen-bond donors (Lipinski definition) is 2. The molecular formula is C26H34N4O. The van der Waals surface area contributed by atoms with E-state index in [9.17, 15) is 4.79 Å². The van der Waals surface area contributed by atoms with Crippen molar-refractivity contribution in [2.45, 2.75) is 53.1 Å². The summed E-state index contributed by atoms with van der Waals surface area (Å²) in [4.78, 5) is 23.5. The van der Waals surface area contributed by atoms with E-state index in [-0.39, 0.29) is 11.9 Å². The number of amides is 1. The number of benzene rings is 1. The monoisotopic (exact) mass is 418 g/mol. The lowest BCUT2D eigenvalue weighted by atomic mass is 9.85. The first-order valence-corrected chi connectivity index (χ1v) is 11.3. The van der Waals surface area contributed by atoms with Gasteiger partial charge in [0.05, 0.1) is 11.7 Å². The predicted molar refractivity (Wildman–Crippen MR) is 126 cm³/mol. The molecule has 5 nitrogen and oxygen atoms in total. The highest BCUT2D eigenvalue weighted by atomic mass is 16.2. The van der Waals surface area contributed by atoms with E-state index in [1.165, 1.54) is 22.2 Å². The number of para-hydroxylation sites is 1. The highest BCUT2D eigenvalue weighted by molar-refractivity contribution is 5.84. The third-order valence-electron chi connectivity index (χ3n) is 6.53. The molecule has 0 spiro atoms. The number of aromatic nitrogens is 2. The molecule has 1 amide bonds. The fraction of sp³-hybridized carbons (Fsp3) is 0.462. The molecule has 3 aromatic rings. The number of nitrogens with one attached hydrogen (secondary N) is 2. The minimum atomic E-state index is -0.416. The lowest BCUT2D eigenvalue weighted by molar-refractivity contribution is -0.129. The lowest BCUT2D eigenvalue weighted by Gasteiger charge is -2.37. The molecule has 1 atom stereocenters. The molecule has 1 aliphatic rings. The van der Waals surface area contributed by atoms with E-state index >= 15 is 0 Å². The topological polar surface area (TPSA) is 61.0 Å². The molecule has 3 heterocycles. The zero-order valence-corrected chi connectivity index (χ0v) is 19.1. The van der Waals surface area contributed by atoms with Crippen molar-refractivity contribution in [1.29, 1.82) is 0 Å². The number of rotatable bonds is 5. The van der Waals surface area contributed by atoms with E-state index in [1.54, 1.807) is 0 Å². The first-order valence-electron chi connectivity index (χ1n) is 11.3. The smallest absolute Gasteiger partial charge is 0.225 e. The molecule has 0 aliphatic carbocycles. The van der Waals surface area contributed by atoms with Crippen LogP contribution in [0.4, 0.5) is 0 Å². The molecule has 164 valence electrons. The van der Waals surface area contributed by atoms with Crippen LogP contribution >= 0.6 is 0 Å². The van der Waals surface area contributed by atoms with Gasteiger partial charge in [-0.2, -0.15) is 0 Å². The molecule has 1 aromatic carbocycles. The van der Waals surface area contributed by atoms with Gasteiger partial charge in [0.1, 0.15) is 0 Å². The summed E-state index contributed by atoms with van der Waals surface area (Å²) in [7, 11) is 0. The number of H-pyrrole nitrogens is 1. The van der Waals surface area contributed by atoms with Gasteiger partial charge in [-0.05, 0) is 62.5 Å². The Bertz CT molecular complexity index is 1030. The van der Waals surface area contributed by atoms with Crippen LogP contribution in [-0.2, 0) is 11.3 Å². The van der Waals surface area contributed by atoms with Crippen LogP contribution in [-0.4, -0.2) is 33.9 Å². The van der Waals surface area contributed by atoms with Crippen LogP contribution in [0, 0.1) is 18.3 Å². The summed E-state index contributed by atoms with van der Waals surface area (Å²) in [5.74, 6) is 0.473. The normalized spacial score (nSPS) is 17.0. The zero-order chi connectivity index (χ0) is 22.0. The minimum absolute atomic E-state index is 0.0371. The molecule has 1 aliphatic heterocycles. The quantitative estimate of drug-likeness (QED) is 0.614. The van der Waals surface area contributed by atoms with Gasteiger partial charge in [-0.1, -0.05) is 45.0 Å². The second kappa shape index (κ2) is 8.83. The molecule has 0 bridgehead atoms. The van der Waals surface area contributed by atoms with Gasteiger partial charge in [0.25, 0.3) is 0 Å². The van der Waals surface area contributed by atoms with Gasteiger partial charge in [-0.15, -0.1) is 0 Å². The number of piperidine rings is 1. The Balaban J connectivity index is 1.44. The maximum absolute atomic E-state index is 12.8. The molecule has 2 N–H and O–H groups in total. The van der Waals surface area contributed by atoms with Crippen LogP contribution in [0.2, 0.25) is 0 Å². The Hall–Kier alpha value is -2.66. The van der Waals surface area contributed by atoms with Crippen molar-refractivity contribution in [3.63, 3.8) is 0 Å². The number of fused-ring (bicyclic) bond motifs is 1. The van der Waals surface area contributed by atoms with Gasteiger partial charge in [-0.3, -0.25) is 14.7 Å².